The number of para-hydroxylation sites is 1. The molecular formula is C13H9BrN4O. The molecule has 0 saturated heterocycles. The summed E-state index contributed by atoms with van der Waals surface area (Å²) in [6.45, 7) is 0. The van der Waals surface area contributed by atoms with Gasteiger partial charge >= 0.3 is 0 Å². The van der Waals surface area contributed by atoms with Gasteiger partial charge in [0.15, 0.2) is 5.82 Å². The van der Waals surface area contributed by atoms with E-state index in [0.29, 0.717) is 16.1 Å². The first kappa shape index (κ1) is 11.9. The number of nitrogens with one attached hydrogen (secondary N) is 2. The van der Waals surface area contributed by atoms with Crippen LogP contribution >= 0.6 is 15.9 Å². The zero-order valence-corrected chi connectivity index (χ0v) is 11.3. The second kappa shape index (κ2) is 4.81. The molecule has 1 aromatic carbocycles. The van der Waals surface area contributed by atoms with Crippen molar-refractivity contribution in [2.45, 2.75) is 0 Å². The highest BCUT2D eigenvalue weighted by Crippen LogP contribution is 2.20. The number of benzene rings is 1. The summed E-state index contributed by atoms with van der Waals surface area (Å²) in [6.07, 6.45) is 0. The molecule has 2 heterocycles. The number of aromatic amines is 1. The van der Waals surface area contributed by atoms with Gasteiger partial charge in [-0.05, 0) is 40.2 Å². The van der Waals surface area contributed by atoms with Crippen molar-refractivity contribution in [3.63, 3.8) is 0 Å². The molecule has 0 fully saturated rings. The van der Waals surface area contributed by atoms with E-state index in [9.17, 15) is 4.79 Å². The summed E-state index contributed by atoms with van der Waals surface area (Å²) in [5, 5.41) is 10.6. The number of hydrogen-bond acceptors (Lipinski definition) is 3. The van der Waals surface area contributed by atoms with Crippen LogP contribution in [0.3, 0.4) is 0 Å². The molecule has 0 bridgehead atoms. The quantitative estimate of drug-likeness (QED) is 0.714. The van der Waals surface area contributed by atoms with Crippen molar-refractivity contribution >= 4 is 38.6 Å². The average molecular weight is 317 g/mol. The van der Waals surface area contributed by atoms with Crippen LogP contribution in [0.15, 0.2) is 47.1 Å². The zero-order chi connectivity index (χ0) is 13.2. The molecule has 19 heavy (non-hydrogen) atoms. The minimum atomic E-state index is -0.293. The lowest BCUT2D eigenvalue weighted by molar-refractivity contribution is 0.102. The Kier molecular flexibility index (Phi) is 3.00. The molecule has 2 N–H and O–H groups in total. The SMILES string of the molecule is O=C(Nc1n[nH]c2ccccc12)c1cccc(Br)n1. The molecular weight excluding hydrogens is 308 g/mol. The number of rotatable bonds is 2. The number of halogens is 1. The van der Waals surface area contributed by atoms with Crippen LogP contribution in [0.2, 0.25) is 0 Å². The number of carbonyl (C=O) groups excluding carboxylic acids is 1. The van der Waals surface area contributed by atoms with Crippen molar-refractivity contribution in [1.29, 1.82) is 0 Å². The molecule has 0 saturated carbocycles. The lowest BCUT2D eigenvalue weighted by Crippen LogP contribution is -2.14. The molecule has 94 valence electrons. The van der Waals surface area contributed by atoms with Gasteiger partial charge in [0.25, 0.3) is 5.91 Å². The van der Waals surface area contributed by atoms with Gasteiger partial charge in [-0.2, -0.15) is 5.10 Å². The Morgan fingerprint density at radius 1 is 1.16 bits per heavy atom. The van der Waals surface area contributed by atoms with Crippen molar-refractivity contribution in [2.24, 2.45) is 0 Å². The molecule has 3 aromatic rings. The third kappa shape index (κ3) is 2.34. The molecule has 0 atom stereocenters. The van der Waals surface area contributed by atoms with Crippen molar-refractivity contribution < 1.29 is 4.79 Å². The molecule has 0 aliphatic rings. The van der Waals surface area contributed by atoms with Crippen LogP contribution in [0.4, 0.5) is 5.82 Å². The summed E-state index contributed by atoms with van der Waals surface area (Å²) in [6, 6.07) is 12.8. The largest absolute Gasteiger partial charge is 0.303 e. The highest BCUT2D eigenvalue weighted by Gasteiger charge is 2.11. The first-order valence-electron chi connectivity index (χ1n) is 5.61. The minimum Gasteiger partial charge on any atom is -0.303 e. The van der Waals surface area contributed by atoms with Gasteiger partial charge in [0.1, 0.15) is 10.3 Å². The van der Waals surface area contributed by atoms with Gasteiger partial charge in [0.2, 0.25) is 0 Å². The molecule has 6 heteroatoms. The van der Waals surface area contributed by atoms with Gasteiger partial charge in [-0.15, -0.1) is 0 Å². The Bertz CT molecular complexity index is 753. The first-order valence-corrected chi connectivity index (χ1v) is 6.40. The van der Waals surface area contributed by atoms with Crippen LogP contribution in [0.1, 0.15) is 10.5 Å². The molecule has 2 aromatic heterocycles. The van der Waals surface area contributed by atoms with Gasteiger partial charge in [-0.3, -0.25) is 9.89 Å². The van der Waals surface area contributed by atoms with Gasteiger partial charge in [0.05, 0.1) is 5.52 Å². The lowest BCUT2D eigenvalue weighted by Gasteiger charge is -2.02. The fourth-order valence-corrected chi connectivity index (χ4v) is 2.11. The maximum atomic E-state index is 12.1. The predicted molar refractivity (Wildman–Crippen MR) is 76.0 cm³/mol. The Hall–Kier alpha value is -2.21. The minimum absolute atomic E-state index is 0.293. The average Bonchev–Trinajstić information content (AvgIpc) is 2.82. The zero-order valence-electron chi connectivity index (χ0n) is 9.72. The van der Waals surface area contributed by atoms with E-state index in [1.54, 1.807) is 18.2 Å². The van der Waals surface area contributed by atoms with Crippen LogP contribution in [0, 0.1) is 0 Å². The Balaban J connectivity index is 1.91. The van der Waals surface area contributed by atoms with Crippen LogP contribution in [0.5, 0.6) is 0 Å². The number of aromatic nitrogens is 3. The summed E-state index contributed by atoms with van der Waals surface area (Å²) < 4.78 is 0.618. The number of hydrogen-bond donors (Lipinski definition) is 2. The number of anilines is 1. The summed E-state index contributed by atoms with van der Waals surface area (Å²) in [5.74, 6) is 0.209. The number of H-pyrrole nitrogens is 1. The standard InChI is InChI=1S/C13H9BrN4O/c14-11-7-3-6-10(15-11)13(19)16-12-8-4-1-2-5-9(8)17-18-12/h1-7H,(H2,16,17,18,19). The van der Waals surface area contributed by atoms with E-state index in [-0.39, 0.29) is 5.91 Å². The molecule has 0 aliphatic carbocycles. The van der Waals surface area contributed by atoms with Gasteiger partial charge in [0, 0.05) is 5.39 Å². The normalized spacial score (nSPS) is 10.6. The molecule has 0 spiro atoms. The van der Waals surface area contributed by atoms with Gasteiger partial charge in [-0.25, -0.2) is 4.98 Å². The number of pyridine rings is 1. The van der Waals surface area contributed by atoms with Crippen molar-refractivity contribution in [2.75, 3.05) is 5.32 Å². The van der Waals surface area contributed by atoms with Gasteiger partial charge in [-0.1, -0.05) is 18.2 Å². The fourth-order valence-electron chi connectivity index (χ4n) is 1.77. The van der Waals surface area contributed by atoms with Crippen molar-refractivity contribution in [1.82, 2.24) is 15.2 Å². The number of fused-ring (bicyclic) bond motifs is 1. The second-order valence-electron chi connectivity index (χ2n) is 3.92. The molecule has 5 nitrogen and oxygen atoms in total. The van der Waals surface area contributed by atoms with Crippen LogP contribution < -0.4 is 5.32 Å². The Morgan fingerprint density at radius 2 is 2.00 bits per heavy atom. The smallest absolute Gasteiger partial charge is 0.275 e. The van der Waals surface area contributed by atoms with E-state index in [2.05, 4.69) is 36.4 Å². The topological polar surface area (TPSA) is 70.7 Å². The summed E-state index contributed by atoms with van der Waals surface area (Å²) in [7, 11) is 0. The fraction of sp³-hybridized carbons (Fsp3) is 0. The third-order valence-corrected chi connectivity index (χ3v) is 3.09. The molecule has 0 aliphatic heterocycles. The van der Waals surface area contributed by atoms with Gasteiger partial charge < -0.3 is 5.32 Å². The van der Waals surface area contributed by atoms with Crippen LogP contribution in [0.25, 0.3) is 10.9 Å². The van der Waals surface area contributed by atoms with Crippen LogP contribution in [-0.2, 0) is 0 Å². The van der Waals surface area contributed by atoms with E-state index in [4.69, 9.17) is 0 Å². The highest BCUT2D eigenvalue weighted by molar-refractivity contribution is 9.10. The van der Waals surface area contributed by atoms with E-state index in [0.717, 1.165) is 10.9 Å². The Morgan fingerprint density at radius 3 is 2.84 bits per heavy atom. The van der Waals surface area contributed by atoms with E-state index < -0.39 is 0 Å². The summed E-state index contributed by atoms with van der Waals surface area (Å²) in [5.41, 5.74) is 1.21. The van der Waals surface area contributed by atoms with E-state index >= 15 is 0 Å². The van der Waals surface area contributed by atoms with Crippen LogP contribution in [-0.4, -0.2) is 21.1 Å². The number of carbonyl (C=O) groups is 1. The third-order valence-electron chi connectivity index (χ3n) is 2.65. The number of amides is 1. The maximum Gasteiger partial charge on any atom is 0.275 e. The predicted octanol–water partition coefficient (Wildman–Crippen LogP) is 2.97. The molecule has 0 unspecified atom stereocenters. The maximum absolute atomic E-state index is 12.1. The molecule has 3 rings (SSSR count). The molecule has 1 amide bonds. The second-order valence-corrected chi connectivity index (χ2v) is 4.73. The van der Waals surface area contributed by atoms with Crippen molar-refractivity contribution in [3.05, 3.63) is 52.8 Å². The van der Waals surface area contributed by atoms with E-state index in [1.807, 2.05) is 24.3 Å². The summed E-state index contributed by atoms with van der Waals surface area (Å²) in [4.78, 5) is 16.2. The van der Waals surface area contributed by atoms with Crippen molar-refractivity contribution in [3.8, 4) is 0 Å². The Labute approximate surface area is 117 Å². The first-order chi connectivity index (χ1) is 9.24. The summed E-state index contributed by atoms with van der Waals surface area (Å²) >= 11 is 3.24. The highest BCUT2D eigenvalue weighted by atomic mass is 79.9. The monoisotopic (exact) mass is 316 g/mol. The van der Waals surface area contributed by atoms with E-state index in [1.165, 1.54) is 0 Å². The molecule has 0 radical (unpaired) electrons. The number of nitrogens with zero attached hydrogens (tertiary/aromatic N) is 2. The lowest BCUT2D eigenvalue weighted by atomic mass is 10.2.